The normalized spacial score (nSPS) is 11.9. The van der Waals surface area contributed by atoms with Crippen LogP contribution in [0.15, 0.2) is 48.5 Å². The van der Waals surface area contributed by atoms with E-state index >= 15 is 0 Å². The number of rotatable bonds is 7. The van der Waals surface area contributed by atoms with E-state index < -0.39 is 23.8 Å². The first-order chi connectivity index (χ1) is 14.1. The Morgan fingerprint density at radius 1 is 1.00 bits per heavy atom. The van der Waals surface area contributed by atoms with Gasteiger partial charge in [0, 0.05) is 7.05 Å². The van der Waals surface area contributed by atoms with Crippen LogP contribution >= 0.6 is 0 Å². The molecule has 0 saturated carbocycles. The molecule has 0 aromatic heterocycles. The van der Waals surface area contributed by atoms with Gasteiger partial charge in [-0.2, -0.15) is 0 Å². The van der Waals surface area contributed by atoms with E-state index in [1.165, 1.54) is 19.1 Å². The summed E-state index contributed by atoms with van der Waals surface area (Å²) in [6, 6.07) is 14.3. The van der Waals surface area contributed by atoms with E-state index in [0.29, 0.717) is 17.1 Å². The highest BCUT2D eigenvalue weighted by Gasteiger charge is 2.25. The van der Waals surface area contributed by atoms with E-state index in [9.17, 15) is 9.59 Å². The molecule has 0 fully saturated rings. The Hall–Kier alpha value is -3.22. The zero-order chi connectivity index (χ0) is 22.3. The number of carbonyl (C=O) groups is 2. The highest BCUT2D eigenvalue weighted by atomic mass is 16.6. The molecular weight excluding hydrogens is 386 g/mol. The number of benzene rings is 2. The quantitative estimate of drug-likeness (QED) is 0.621. The van der Waals surface area contributed by atoms with E-state index in [4.69, 9.17) is 18.9 Å². The minimum absolute atomic E-state index is 0.251. The summed E-state index contributed by atoms with van der Waals surface area (Å²) in [6.45, 7) is 5.70. The first-order valence-corrected chi connectivity index (χ1v) is 9.56. The van der Waals surface area contributed by atoms with Crippen molar-refractivity contribution >= 4 is 12.1 Å². The van der Waals surface area contributed by atoms with E-state index in [1.54, 1.807) is 25.2 Å². The van der Waals surface area contributed by atoms with E-state index in [2.05, 4.69) is 0 Å². The molecule has 2 rings (SSSR count). The van der Waals surface area contributed by atoms with Gasteiger partial charge in [-0.3, -0.25) is 0 Å². The second-order valence-corrected chi connectivity index (χ2v) is 7.74. The maximum atomic E-state index is 12.4. The number of hydrogen-bond acceptors (Lipinski definition) is 6. The Bertz CT molecular complexity index is 860. The van der Waals surface area contributed by atoms with Crippen molar-refractivity contribution in [2.75, 3.05) is 27.8 Å². The molecule has 2 aromatic rings. The number of methoxy groups -OCH3 is 2. The molecule has 0 N–H and O–H groups in total. The second kappa shape index (κ2) is 10.0. The smallest absolute Gasteiger partial charge is 0.410 e. The van der Waals surface area contributed by atoms with Crippen molar-refractivity contribution in [1.29, 1.82) is 0 Å². The second-order valence-electron chi connectivity index (χ2n) is 7.74. The lowest BCUT2D eigenvalue weighted by molar-refractivity contribution is 0.0224. The average Bonchev–Trinajstić information content (AvgIpc) is 2.72. The van der Waals surface area contributed by atoms with E-state index in [-0.39, 0.29) is 6.54 Å². The molecule has 0 spiro atoms. The molecule has 0 saturated heterocycles. The van der Waals surface area contributed by atoms with Gasteiger partial charge in [0.15, 0.2) is 11.5 Å². The molecule has 1 atom stereocenters. The van der Waals surface area contributed by atoms with Crippen LogP contribution in [-0.4, -0.2) is 50.4 Å². The standard InChI is InChI=1S/C23H29NO6/c1-23(2,3)30-22(26)24(4)15-20(16-10-8-7-9-11-16)29-18-13-12-17(21(25)28-6)14-19(18)27-5/h7-14,20H,15H2,1-6H3/t20-/m1/s1. The van der Waals surface area contributed by atoms with Gasteiger partial charge in [0.05, 0.1) is 26.3 Å². The highest BCUT2D eigenvalue weighted by Crippen LogP contribution is 2.33. The van der Waals surface area contributed by atoms with Crippen molar-refractivity contribution in [2.24, 2.45) is 0 Å². The lowest BCUT2D eigenvalue weighted by atomic mass is 10.1. The third-order valence-electron chi connectivity index (χ3n) is 4.17. The number of hydrogen-bond donors (Lipinski definition) is 0. The summed E-state index contributed by atoms with van der Waals surface area (Å²) in [5, 5.41) is 0. The largest absolute Gasteiger partial charge is 0.493 e. The Kier molecular flexibility index (Phi) is 7.69. The van der Waals surface area contributed by atoms with E-state index in [1.807, 2.05) is 51.1 Å². The van der Waals surface area contributed by atoms with Crippen LogP contribution in [0.25, 0.3) is 0 Å². The van der Waals surface area contributed by atoms with Gasteiger partial charge >= 0.3 is 12.1 Å². The van der Waals surface area contributed by atoms with Crippen LogP contribution in [0.4, 0.5) is 4.79 Å². The van der Waals surface area contributed by atoms with Gasteiger partial charge in [0.25, 0.3) is 0 Å². The van der Waals surface area contributed by atoms with Gasteiger partial charge < -0.3 is 23.8 Å². The van der Waals surface area contributed by atoms with Crippen LogP contribution in [0.1, 0.15) is 42.8 Å². The molecule has 162 valence electrons. The number of nitrogens with zero attached hydrogens (tertiary/aromatic N) is 1. The zero-order valence-electron chi connectivity index (χ0n) is 18.3. The average molecular weight is 415 g/mol. The van der Waals surface area contributed by atoms with Crippen LogP contribution < -0.4 is 9.47 Å². The van der Waals surface area contributed by atoms with Crippen molar-refractivity contribution in [3.63, 3.8) is 0 Å². The van der Waals surface area contributed by atoms with Crippen LogP contribution in [0.5, 0.6) is 11.5 Å². The van der Waals surface area contributed by atoms with Gasteiger partial charge in [-0.15, -0.1) is 0 Å². The number of likely N-dealkylation sites (N-methyl/N-ethyl adjacent to an activating group) is 1. The lowest BCUT2D eigenvalue weighted by Gasteiger charge is -2.28. The van der Waals surface area contributed by atoms with Gasteiger partial charge in [-0.05, 0) is 44.5 Å². The molecule has 0 aliphatic carbocycles. The van der Waals surface area contributed by atoms with Gasteiger partial charge in [-0.25, -0.2) is 9.59 Å². The van der Waals surface area contributed by atoms with Gasteiger partial charge in [0.1, 0.15) is 11.7 Å². The monoisotopic (exact) mass is 415 g/mol. The Balaban J connectivity index is 2.29. The molecule has 0 aliphatic heterocycles. The summed E-state index contributed by atoms with van der Waals surface area (Å²) in [7, 11) is 4.47. The van der Waals surface area contributed by atoms with Crippen molar-refractivity contribution < 1.29 is 28.5 Å². The van der Waals surface area contributed by atoms with Gasteiger partial charge in [0.2, 0.25) is 0 Å². The SMILES string of the molecule is COC(=O)c1ccc(O[C@H](CN(C)C(=O)OC(C)(C)C)c2ccccc2)c(OC)c1. The van der Waals surface area contributed by atoms with Crippen LogP contribution in [0.2, 0.25) is 0 Å². The number of carbonyl (C=O) groups excluding carboxylic acids is 2. The minimum Gasteiger partial charge on any atom is -0.493 e. The maximum Gasteiger partial charge on any atom is 0.410 e. The summed E-state index contributed by atoms with van der Waals surface area (Å²) in [5.41, 5.74) is 0.636. The minimum atomic E-state index is -0.596. The molecule has 7 heteroatoms. The first-order valence-electron chi connectivity index (χ1n) is 9.56. The molecule has 0 aliphatic rings. The predicted octanol–water partition coefficient (Wildman–Crippen LogP) is 4.47. The molecule has 0 unspecified atom stereocenters. The Labute approximate surface area is 177 Å². The molecular formula is C23H29NO6. The van der Waals surface area contributed by atoms with Gasteiger partial charge in [-0.1, -0.05) is 30.3 Å². The van der Waals surface area contributed by atoms with Crippen molar-refractivity contribution in [2.45, 2.75) is 32.5 Å². The summed E-state index contributed by atoms with van der Waals surface area (Å²) in [4.78, 5) is 25.7. The lowest BCUT2D eigenvalue weighted by Crippen LogP contribution is -2.37. The summed E-state index contributed by atoms with van der Waals surface area (Å²) < 4.78 is 21.8. The molecule has 0 bridgehead atoms. The fraction of sp³-hybridized carbons (Fsp3) is 0.391. The summed E-state index contributed by atoms with van der Waals surface area (Å²) in [6.07, 6.45) is -0.929. The Morgan fingerprint density at radius 3 is 2.23 bits per heavy atom. The van der Waals surface area contributed by atoms with Crippen molar-refractivity contribution in [3.05, 3.63) is 59.7 Å². The van der Waals surface area contributed by atoms with Crippen molar-refractivity contribution in [1.82, 2.24) is 4.90 Å². The molecule has 0 heterocycles. The van der Waals surface area contributed by atoms with Crippen LogP contribution in [-0.2, 0) is 9.47 Å². The molecule has 7 nitrogen and oxygen atoms in total. The number of esters is 1. The zero-order valence-corrected chi connectivity index (χ0v) is 18.3. The maximum absolute atomic E-state index is 12.4. The molecule has 1 amide bonds. The fourth-order valence-electron chi connectivity index (χ4n) is 2.70. The topological polar surface area (TPSA) is 74.3 Å². The summed E-state index contributed by atoms with van der Waals surface area (Å²) in [5.74, 6) is 0.361. The molecule has 0 radical (unpaired) electrons. The van der Waals surface area contributed by atoms with E-state index in [0.717, 1.165) is 5.56 Å². The first kappa shape index (κ1) is 23.1. The molecule has 2 aromatic carbocycles. The fourth-order valence-corrected chi connectivity index (χ4v) is 2.70. The predicted molar refractivity (Wildman–Crippen MR) is 113 cm³/mol. The van der Waals surface area contributed by atoms with Crippen LogP contribution in [0, 0.1) is 0 Å². The third-order valence-corrected chi connectivity index (χ3v) is 4.17. The highest BCUT2D eigenvalue weighted by molar-refractivity contribution is 5.90. The molecule has 30 heavy (non-hydrogen) atoms. The van der Waals surface area contributed by atoms with Crippen LogP contribution in [0.3, 0.4) is 0 Å². The number of amides is 1. The third kappa shape index (κ3) is 6.40. The number of ether oxygens (including phenoxy) is 4. The Morgan fingerprint density at radius 2 is 1.67 bits per heavy atom. The van der Waals surface area contributed by atoms with Crippen molar-refractivity contribution in [3.8, 4) is 11.5 Å². The summed E-state index contributed by atoms with van der Waals surface area (Å²) >= 11 is 0.